The number of hydrogen-bond donors (Lipinski definition) is 7. The Morgan fingerprint density at radius 2 is 0.758 bits per heavy atom. The Morgan fingerprint density at radius 1 is 0.362 bits per heavy atom. The molecule has 0 radical (unpaired) electrons. The molecule has 7 N–H and O–H groups in total. The minimum absolute atomic E-state index is 0.00951. The summed E-state index contributed by atoms with van der Waals surface area (Å²) in [5.74, 6) is 1.31. The number of aromatic nitrogens is 9. The number of imidazole rings is 2. The molecule has 0 spiro atoms. The summed E-state index contributed by atoms with van der Waals surface area (Å²) in [4.78, 5) is 129. The van der Waals surface area contributed by atoms with Crippen molar-refractivity contribution >= 4 is 168 Å². The van der Waals surface area contributed by atoms with E-state index in [-0.39, 0.29) is 76.0 Å². The van der Waals surface area contributed by atoms with Gasteiger partial charge < -0.3 is 63.5 Å². The van der Waals surface area contributed by atoms with Gasteiger partial charge in [0.1, 0.15) is 17.3 Å². The van der Waals surface area contributed by atoms with E-state index in [0.717, 1.165) is 166 Å². The zero-order valence-corrected chi connectivity index (χ0v) is 85.6. The fourth-order valence-corrected chi connectivity index (χ4v) is 17.4. The lowest BCUT2D eigenvalue weighted by Gasteiger charge is -2.13. The quantitative estimate of drug-likeness (QED) is 0.0104. The van der Waals surface area contributed by atoms with Crippen molar-refractivity contribution in [1.82, 2.24) is 44.9 Å². The van der Waals surface area contributed by atoms with Crippen LogP contribution in [-0.2, 0) is 44.9 Å². The maximum absolute atomic E-state index is 13.2. The number of nitrogens with one attached hydrogen (secondary N) is 7. The third kappa shape index (κ3) is 27.8. The van der Waals surface area contributed by atoms with Crippen LogP contribution in [0.25, 0.3) is 76.6 Å². The van der Waals surface area contributed by atoms with Crippen LogP contribution in [0.15, 0.2) is 333 Å². The lowest BCUT2D eigenvalue weighted by Crippen LogP contribution is -2.09. The van der Waals surface area contributed by atoms with Crippen LogP contribution >= 0.6 is 39.1 Å². The van der Waals surface area contributed by atoms with Gasteiger partial charge >= 0.3 is 0 Å². The van der Waals surface area contributed by atoms with Crippen LogP contribution in [0.3, 0.4) is 0 Å². The maximum atomic E-state index is 13.2. The van der Waals surface area contributed by atoms with Crippen molar-refractivity contribution in [3.63, 3.8) is 0 Å². The molecule has 0 fully saturated rings. The minimum Gasteiger partial charge on any atom is -0.497 e. The lowest BCUT2D eigenvalue weighted by molar-refractivity contribution is -0.384. The highest BCUT2D eigenvalue weighted by molar-refractivity contribution is 9.10. The van der Waals surface area contributed by atoms with Crippen molar-refractivity contribution in [2.45, 2.75) is 58.8 Å². The van der Waals surface area contributed by atoms with Gasteiger partial charge in [0.2, 0.25) is 5.75 Å². The number of hydrogen-bond acceptors (Lipinski definition) is 17. The molecule has 0 saturated heterocycles. The van der Waals surface area contributed by atoms with E-state index < -0.39 is 16.6 Å². The van der Waals surface area contributed by atoms with Gasteiger partial charge in [0.25, 0.3) is 5.69 Å². The van der Waals surface area contributed by atoms with Crippen LogP contribution in [0.4, 0.5) is 20.2 Å². The molecular weight excluding hydrogens is 2000 g/mol. The second kappa shape index (κ2) is 49.4. The first-order valence-corrected chi connectivity index (χ1v) is 48.6. The number of ketones is 7. The SMILES string of the molecule is CN(C)c1ccc(C(=O)Cc2ccc3[nH]ccc3c2)cc1.COc1cc(C(=O)Cc2ccc3nc[nH]c3c2)cc(OC)c1OC.COc1ccc(C(=O)Cc2ccc3[nH]c(C)cc3c2)cc1.COc1ccc(Cl)cc1C(=O)Cc1ccc2[nH]ccc2c1.Cc1nc2ccc(CC(=O)c3ccc([N+](=O)[O-])cc3)cc2[nH]1.O=C(Cc1ccc2[nH]ccc2c1)c1cc(F)c(F)cc1Cl.O=C(Cc1ccc2[nH]ccc2c1)c1ccc(Br)cc1. The van der Waals surface area contributed by atoms with E-state index in [2.05, 4.69) is 85.1 Å². The first kappa shape index (κ1) is 106. The van der Waals surface area contributed by atoms with Gasteiger partial charge in [-0.15, -0.1) is 0 Å². The minimum atomic E-state index is -1.08. The maximum Gasteiger partial charge on any atom is 0.269 e. The van der Waals surface area contributed by atoms with E-state index in [9.17, 15) is 52.5 Å². The number of nitro groups is 1. The number of carbonyl (C=O) groups is 7. The molecule has 25 nitrogen and oxygen atoms in total. The second-order valence-electron chi connectivity index (χ2n) is 35.1. The summed E-state index contributed by atoms with van der Waals surface area (Å²) in [5.41, 5.74) is 21.4. The Hall–Kier alpha value is -17.5. The number of anilines is 1. The molecule has 0 bridgehead atoms. The average Bonchev–Trinajstić information content (AvgIpc) is 1.77. The van der Waals surface area contributed by atoms with Gasteiger partial charge in [0, 0.05) is 178 Å². The normalized spacial score (nSPS) is 10.8. The highest BCUT2D eigenvalue weighted by Crippen LogP contribution is 2.39. The first-order valence-electron chi connectivity index (χ1n) is 47.0. The fraction of sp³-hybridized carbons (Fsp3) is 0.134. The van der Waals surface area contributed by atoms with Crippen LogP contribution in [0.2, 0.25) is 10.0 Å². The number of Topliss-reactive ketones (excluding diaryl/α,β-unsaturated/α-hetero) is 7. The monoisotopic (exact) mass is 2100 g/mol. The highest BCUT2D eigenvalue weighted by atomic mass is 79.9. The fourth-order valence-electron chi connectivity index (χ4n) is 16.7. The number of aromatic amines is 7. The molecule has 752 valence electrons. The number of H-pyrrole nitrogens is 7. The number of aryl methyl sites for hydroxylation is 2. The van der Waals surface area contributed by atoms with Gasteiger partial charge in [0.15, 0.2) is 63.6 Å². The van der Waals surface area contributed by atoms with Gasteiger partial charge in [0.05, 0.1) is 79.5 Å². The van der Waals surface area contributed by atoms with Crippen LogP contribution < -0.4 is 28.6 Å². The van der Waals surface area contributed by atoms with E-state index in [1.54, 1.807) is 63.0 Å². The molecule has 7 heterocycles. The van der Waals surface area contributed by atoms with E-state index >= 15 is 0 Å². The van der Waals surface area contributed by atoms with Gasteiger partial charge in [-0.2, -0.15) is 0 Å². The standard InChI is InChI=1S/C18H18N2O4.C18H18N2O.C18H17NO2.C17H14ClNO2.C16H12BrNO.C16H10ClF2NO.C16H13N3O3/c1-22-16-8-12(9-17(23-2)18(16)24-3)15(21)7-11-4-5-13-14(6-11)20-10-19-13;1-20(2)16-6-4-14(5-7-16)18(21)12-13-3-8-17-15(11-13)9-10-19-17;1-12-9-15-10-13(3-8-17(15)19-12)11-18(20)14-4-6-16(21-2)7-5-14;1-21-17-5-3-13(18)10-14(17)16(20)9-11-2-4-15-12(8-11)6-7-19-15;17-14-4-2-12(3-5-14)16(19)10-11-1-6-15-13(9-11)7-8-18-15;17-12-8-14(19)13(18)7-11(12)16(21)6-9-1-2-15-10(5-9)3-4-20-15;1-10-17-14-7-2-11(8-15(14)18-10)9-16(20)12-3-5-13(6-4-12)19(21)22/h4-6,8-10H,7H2,1-3H3,(H,19,20);3-11,19H,12H2,1-2H3;3-10,19H,11H2,1-2H3;2-8,10,19H,9H2,1H3;1-9,18H,10H2;1-5,7-8,20H,6H2;2-8H,9H2,1H3,(H,17,18). The molecule has 0 saturated carbocycles. The Balaban J connectivity index is 0.000000130. The largest absolute Gasteiger partial charge is 0.497 e. The summed E-state index contributed by atoms with van der Waals surface area (Å²) in [6, 6.07) is 89.3. The number of rotatable bonds is 28. The third-order valence-corrected chi connectivity index (χ3v) is 25.5. The van der Waals surface area contributed by atoms with Crippen LogP contribution in [0.1, 0.15) is 123 Å². The molecular formula is C119H102BrCl2F2N11O14. The zero-order chi connectivity index (χ0) is 105. The van der Waals surface area contributed by atoms with Crippen molar-refractivity contribution < 1.29 is 71.0 Å². The van der Waals surface area contributed by atoms with Crippen molar-refractivity contribution in [2.75, 3.05) is 54.5 Å². The summed E-state index contributed by atoms with van der Waals surface area (Å²) < 4.78 is 53.4. The van der Waals surface area contributed by atoms with E-state index in [1.165, 1.54) is 45.6 Å². The number of nitrogens with zero attached hydrogens (tertiary/aromatic N) is 4. The Morgan fingerprint density at radius 3 is 1.21 bits per heavy atom. The van der Waals surface area contributed by atoms with Crippen LogP contribution in [-0.4, -0.2) is 140 Å². The number of benzene rings is 14. The number of halogens is 5. The summed E-state index contributed by atoms with van der Waals surface area (Å²) in [7, 11) is 11.7. The number of non-ortho nitro benzene ring substituents is 1. The van der Waals surface area contributed by atoms with Crippen molar-refractivity contribution in [3.05, 3.63) is 454 Å². The Kier molecular flexibility index (Phi) is 35.1. The van der Waals surface area contributed by atoms with Crippen LogP contribution in [0, 0.1) is 35.6 Å². The second-order valence-corrected chi connectivity index (χ2v) is 36.8. The summed E-state index contributed by atoms with van der Waals surface area (Å²) in [6.45, 7) is 3.91. The highest BCUT2D eigenvalue weighted by Gasteiger charge is 2.23. The molecule has 0 amide bonds. The molecule has 0 atom stereocenters. The number of ether oxygens (including phenoxy) is 5. The molecule has 0 aliphatic carbocycles. The molecule has 30 heteroatoms. The lowest BCUT2D eigenvalue weighted by atomic mass is 10.0. The predicted octanol–water partition coefficient (Wildman–Crippen LogP) is 26.9. The zero-order valence-electron chi connectivity index (χ0n) is 82.5. The molecule has 0 unspecified atom stereocenters. The number of methoxy groups -OCH3 is 5. The third-order valence-electron chi connectivity index (χ3n) is 24.4. The van der Waals surface area contributed by atoms with Gasteiger partial charge in [-0.05, 0) is 310 Å². The number of fused-ring (bicyclic) bond motifs is 7. The van der Waals surface area contributed by atoms with Crippen LogP contribution in [0.5, 0.6) is 28.7 Å². The molecule has 0 aliphatic rings. The Bertz CT molecular complexity index is 8410. The summed E-state index contributed by atoms with van der Waals surface area (Å²) in [6.07, 6.45) is 11.3. The van der Waals surface area contributed by atoms with Gasteiger partial charge in [-0.25, -0.2) is 18.7 Å². The van der Waals surface area contributed by atoms with Gasteiger partial charge in [-0.1, -0.05) is 93.7 Å². The molecule has 7 aromatic heterocycles. The van der Waals surface area contributed by atoms with Crippen molar-refractivity contribution in [3.8, 4) is 28.7 Å². The van der Waals surface area contributed by atoms with E-state index in [4.69, 9.17) is 46.9 Å². The topological polar surface area (TPSA) is 348 Å². The molecule has 14 aromatic carbocycles. The smallest absolute Gasteiger partial charge is 0.269 e. The van der Waals surface area contributed by atoms with Crippen molar-refractivity contribution in [1.29, 1.82) is 0 Å². The van der Waals surface area contributed by atoms with Gasteiger partial charge in [-0.3, -0.25) is 43.7 Å². The Labute approximate surface area is 873 Å². The van der Waals surface area contributed by atoms with E-state index in [1.807, 2.05) is 252 Å². The molecule has 149 heavy (non-hydrogen) atoms. The average molecular weight is 2100 g/mol. The molecule has 21 aromatic rings. The summed E-state index contributed by atoms with van der Waals surface area (Å²) in [5, 5.41) is 16.6. The molecule has 0 aliphatic heterocycles. The predicted molar refractivity (Wildman–Crippen MR) is 586 cm³/mol. The summed E-state index contributed by atoms with van der Waals surface area (Å²) >= 11 is 15.1. The number of nitro benzene ring substituents is 1. The first-order chi connectivity index (χ1) is 71.9. The number of carbonyl (C=O) groups excluding carboxylic acids is 7. The molecule has 21 rings (SSSR count). The van der Waals surface area contributed by atoms with Crippen molar-refractivity contribution in [2.24, 2.45) is 0 Å². The van der Waals surface area contributed by atoms with E-state index in [0.29, 0.717) is 76.0 Å².